The molecule has 0 aliphatic rings. The standard InChI is InChI=1S/C23H21N3O2/c1-16-5-3-7-19(11-16)25-23(27)18-6-4-8-21(12-18)28-15-20-14-26-13-17(2)9-10-22(26)24-20/h3-14H,15H2,1-2H3,(H,25,27). The lowest BCUT2D eigenvalue weighted by atomic mass is 10.2. The van der Waals surface area contributed by atoms with Crippen LogP contribution in [0.3, 0.4) is 0 Å². The van der Waals surface area contributed by atoms with Gasteiger partial charge in [-0.3, -0.25) is 4.79 Å². The Morgan fingerprint density at radius 1 is 1.00 bits per heavy atom. The number of aryl methyl sites for hydroxylation is 2. The van der Waals surface area contributed by atoms with E-state index >= 15 is 0 Å². The van der Waals surface area contributed by atoms with E-state index in [1.165, 1.54) is 5.56 Å². The molecule has 0 saturated heterocycles. The SMILES string of the molecule is Cc1cccc(NC(=O)c2cccc(OCc3cn4cc(C)ccc4n3)c2)c1. The average molecular weight is 371 g/mol. The second-order valence-corrected chi connectivity index (χ2v) is 6.84. The zero-order chi connectivity index (χ0) is 19.5. The van der Waals surface area contributed by atoms with E-state index < -0.39 is 0 Å². The van der Waals surface area contributed by atoms with Gasteiger partial charge >= 0.3 is 0 Å². The summed E-state index contributed by atoms with van der Waals surface area (Å²) in [5.41, 5.74) is 5.30. The number of nitrogens with zero attached hydrogens (tertiary/aromatic N) is 2. The van der Waals surface area contributed by atoms with Gasteiger partial charge in [-0.25, -0.2) is 4.98 Å². The van der Waals surface area contributed by atoms with Crippen LogP contribution in [0.5, 0.6) is 5.75 Å². The van der Waals surface area contributed by atoms with Gasteiger partial charge in [0.2, 0.25) is 0 Å². The fraction of sp³-hybridized carbons (Fsp3) is 0.130. The van der Waals surface area contributed by atoms with Crippen LogP contribution in [0.25, 0.3) is 5.65 Å². The van der Waals surface area contributed by atoms with Gasteiger partial charge in [0.15, 0.2) is 0 Å². The van der Waals surface area contributed by atoms with Crippen molar-refractivity contribution in [2.45, 2.75) is 20.5 Å². The van der Waals surface area contributed by atoms with Crippen molar-refractivity contribution in [3.63, 3.8) is 0 Å². The number of pyridine rings is 1. The summed E-state index contributed by atoms with van der Waals surface area (Å²) in [5.74, 6) is 0.462. The van der Waals surface area contributed by atoms with Crippen molar-refractivity contribution in [3.05, 3.63) is 95.4 Å². The molecule has 1 N–H and O–H groups in total. The Balaban J connectivity index is 1.44. The third-order valence-electron chi connectivity index (χ3n) is 4.41. The number of anilines is 1. The Hall–Kier alpha value is -3.60. The third kappa shape index (κ3) is 4.04. The molecule has 0 saturated carbocycles. The van der Waals surface area contributed by atoms with Gasteiger partial charge in [0.25, 0.3) is 5.91 Å². The highest BCUT2D eigenvalue weighted by Gasteiger charge is 2.08. The van der Waals surface area contributed by atoms with E-state index in [1.807, 2.05) is 79.2 Å². The Morgan fingerprint density at radius 3 is 2.71 bits per heavy atom. The Bertz CT molecular complexity index is 1150. The molecule has 2 aromatic heterocycles. The van der Waals surface area contributed by atoms with Gasteiger partial charge in [0.05, 0.1) is 5.69 Å². The molecule has 2 aromatic carbocycles. The lowest BCUT2D eigenvalue weighted by Crippen LogP contribution is -2.12. The highest BCUT2D eigenvalue weighted by atomic mass is 16.5. The maximum Gasteiger partial charge on any atom is 0.255 e. The molecule has 0 atom stereocenters. The van der Waals surface area contributed by atoms with Crippen LogP contribution in [-0.4, -0.2) is 15.3 Å². The van der Waals surface area contributed by atoms with Crippen LogP contribution in [0.2, 0.25) is 0 Å². The number of carbonyl (C=O) groups is 1. The zero-order valence-corrected chi connectivity index (χ0v) is 15.8. The maximum atomic E-state index is 12.5. The molecule has 140 valence electrons. The minimum Gasteiger partial charge on any atom is -0.487 e. The van der Waals surface area contributed by atoms with E-state index in [9.17, 15) is 4.79 Å². The number of hydrogen-bond donors (Lipinski definition) is 1. The molecule has 0 aliphatic carbocycles. The number of aromatic nitrogens is 2. The second-order valence-electron chi connectivity index (χ2n) is 6.84. The van der Waals surface area contributed by atoms with Crippen molar-refractivity contribution in [2.24, 2.45) is 0 Å². The van der Waals surface area contributed by atoms with Crippen LogP contribution >= 0.6 is 0 Å². The molecule has 0 spiro atoms. The monoisotopic (exact) mass is 371 g/mol. The molecule has 4 rings (SSSR count). The molecule has 5 heteroatoms. The fourth-order valence-electron chi connectivity index (χ4n) is 3.04. The average Bonchev–Trinajstić information content (AvgIpc) is 3.08. The van der Waals surface area contributed by atoms with Gasteiger partial charge in [-0.05, 0) is 61.4 Å². The summed E-state index contributed by atoms with van der Waals surface area (Å²) in [6, 6.07) is 18.9. The van der Waals surface area contributed by atoms with Crippen molar-refractivity contribution >= 4 is 17.2 Å². The minimum atomic E-state index is -0.167. The topological polar surface area (TPSA) is 55.6 Å². The largest absolute Gasteiger partial charge is 0.487 e. The smallest absolute Gasteiger partial charge is 0.255 e. The number of ether oxygens (including phenoxy) is 1. The molecule has 28 heavy (non-hydrogen) atoms. The van der Waals surface area contributed by atoms with E-state index in [4.69, 9.17) is 4.74 Å². The lowest BCUT2D eigenvalue weighted by Gasteiger charge is -2.08. The van der Waals surface area contributed by atoms with Gasteiger partial charge in [0, 0.05) is 23.6 Å². The quantitative estimate of drug-likeness (QED) is 0.549. The van der Waals surface area contributed by atoms with Crippen molar-refractivity contribution in [1.82, 2.24) is 9.38 Å². The molecule has 0 fully saturated rings. The number of amides is 1. The minimum absolute atomic E-state index is 0.167. The predicted octanol–water partition coefficient (Wildman–Crippen LogP) is 4.78. The summed E-state index contributed by atoms with van der Waals surface area (Å²) in [7, 11) is 0. The second kappa shape index (κ2) is 7.56. The van der Waals surface area contributed by atoms with Crippen molar-refractivity contribution in [1.29, 1.82) is 0 Å². The Morgan fingerprint density at radius 2 is 1.86 bits per heavy atom. The molecular formula is C23H21N3O2. The number of benzene rings is 2. The molecule has 4 aromatic rings. The molecular weight excluding hydrogens is 350 g/mol. The molecule has 0 radical (unpaired) electrons. The van der Waals surface area contributed by atoms with E-state index in [2.05, 4.69) is 10.3 Å². The Kier molecular flexibility index (Phi) is 4.81. The number of nitrogens with one attached hydrogen (secondary N) is 1. The Labute approximate surface area is 163 Å². The number of rotatable bonds is 5. The molecule has 0 unspecified atom stereocenters. The zero-order valence-electron chi connectivity index (χ0n) is 15.8. The lowest BCUT2D eigenvalue weighted by molar-refractivity contribution is 0.102. The van der Waals surface area contributed by atoms with Gasteiger partial charge in [0.1, 0.15) is 18.0 Å². The van der Waals surface area contributed by atoms with E-state index in [0.29, 0.717) is 17.9 Å². The predicted molar refractivity (Wildman–Crippen MR) is 110 cm³/mol. The molecule has 5 nitrogen and oxygen atoms in total. The number of carbonyl (C=O) groups excluding carboxylic acids is 1. The van der Waals surface area contributed by atoms with Gasteiger partial charge in [-0.1, -0.05) is 24.3 Å². The fourth-order valence-corrected chi connectivity index (χ4v) is 3.04. The summed E-state index contributed by atoms with van der Waals surface area (Å²) in [6.07, 6.45) is 3.98. The van der Waals surface area contributed by atoms with Crippen LogP contribution in [0.1, 0.15) is 27.2 Å². The van der Waals surface area contributed by atoms with Gasteiger partial charge in [-0.15, -0.1) is 0 Å². The van der Waals surface area contributed by atoms with Gasteiger partial charge in [-0.2, -0.15) is 0 Å². The highest BCUT2D eigenvalue weighted by Crippen LogP contribution is 2.18. The molecule has 2 heterocycles. The van der Waals surface area contributed by atoms with Gasteiger partial charge < -0.3 is 14.5 Å². The summed E-state index contributed by atoms with van der Waals surface area (Å²) in [5, 5.41) is 2.91. The first kappa shape index (κ1) is 17.8. The van der Waals surface area contributed by atoms with Crippen LogP contribution in [0.15, 0.2) is 73.1 Å². The number of imidazole rings is 1. The summed E-state index contributed by atoms with van der Waals surface area (Å²) in [6.45, 7) is 4.37. The maximum absolute atomic E-state index is 12.5. The third-order valence-corrected chi connectivity index (χ3v) is 4.41. The van der Waals surface area contributed by atoms with Crippen molar-refractivity contribution in [2.75, 3.05) is 5.32 Å². The van der Waals surface area contributed by atoms with Crippen molar-refractivity contribution < 1.29 is 9.53 Å². The summed E-state index contributed by atoms with van der Waals surface area (Å²) < 4.78 is 7.84. The summed E-state index contributed by atoms with van der Waals surface area (Å²) in [4.78, 5) is 17.1. The number of fused-ring (bicyclic) bond motifs is 1. The molecule has 0 aliphatic heterocycles. The van der Waals surface area contributed by atoms with E-state index in [1.54, 1.807) is 12.1 Å². The van der Waals surface area contributed by atoms with Crippen molar-refractivity contribution in [3.8, 4) is 5.75 Å². The van der Waals surface area contributed by atoms with E-state index in [0.717, 1.165) is 22.6 Å². The molecule has 1 amide bonds. The normalized spacial score (nSPS) is 10.8. The highest BCUT2D eigenvalue weighted by molar-refractivity contribution is 6.04. The molecule has 0 bridgehead atoms. The van der Waals surface area contributed by atoms with Crippen LogP contribution in [0, 0.1) is 13.8 Å². The number of hydrogen-bond acceptors (Lipinski definition) is 3. The first-order valence-electron chi connectivity index (χ1n) is 9.12. The van der Waals surface area contributed by atoms with Crippen LogP contribution in [0.4, 0.5) is 5.69 Å². The first-order chi connectivity index (χ1) is 13.6. The first-order valence-corrected chi connectivity index (χ1v) is 9.12. The van der Waals surface area contributed by atoms with E-state index in [-0.39, 0.29) is 5.91 Å². The van der Waals surface area contributed by atoms with Crippen LogP contribution in [-0.2, 0) is 6.61 Å². The van der Waals surface area contributed by atoms with Crippen LogP contribution < -0.4 is 10.1 Å². The summed E-state index contributed by atoms with van der Waals surface area (Å²) >= 11 is 0.